The number of carbonyl (C=O) groups excluding carboxylic acids is 2. The molecule has 2 aliphatic carbocycles. The molecule has 0 spiro atoms. The minimum absolute atomic E-state index is 0.0271. The van der Waals surface area contributed by atoms with Crippen LogP contribution in [0.4, 0.5) is 0 Å². The van der Waals surface area contributed by atoms with Gasteiger partial charge in [0.1, 0.15) is 11.5 Å². The quantitative estimate of drug-likeness (QED) is 0.171. The highest BCUT2D eigenvalue weighted by Gasteiger charge is 2.32. The van der Waals surface area contributed by atoms with Crippen LogP contribution in [0.25, 0.3) is 65.3 Å². The summed E-state index contributed by atoms with van der Waals surface area (Å²) in [5, 5.41) is 28.8. The molecule has 0 aliphatic heterocycles. The monoisotopic (exact) mass is 488 g/mol. The summed E-state index contributed by atoms with van der Waals surface area (Å²) in [7, 11) is 0. The number of carbonyl (C=O) groups is 2. The number of phenolic OH excluding ortho intramolecular Hbond substituents is 2. The van der Waals surface area contributed by atoms with Gasteiger partial charge in [0.15, 0.2) is 11.6 Å². The van der Waals surface area contributed by atoms with Crippen molar-refractivity contribution in [2.45, 2.75) is 0 Å². The Kier molecular flexibility index (Phi) is 3.33. The number of aromatic hydroxyl groups is 2. The smallest absolute Gasteiger partial charge is 0.194 e. The van der Waals surface area contributed by atoms with Crippen molar-refractivity contribution in [3.8, 4) is 33.8 Å². The third-order valence-corrected chi connectivity index (χ3v) is 8.48. The molecule has 0 bridgehead atoms. The van der Waals surface area contributed by atoms with Gasteiger partial charge in [-0.3, -0.25) is 9.59 Å². The molecule has 0 amide bonds. The first-order valence-electron chi connectivity index (χ1n) is 12.5. The fourth-order valence-corrected chi connectivity index (χ4v) is 6.98. The maximum atomic E-state index is 13.6. The molecular formula is C34H16O4. The highest BCUT2D eigenvalue weighted by atomic mass is 16.3. The molecule has 0 atom stereocenters. The van der Waals surface area contributed by atoms with Gasteiger partial charge in [0.2, 0.25) is 0 Å². The largest absolute Gasteiger partial charge is 0.507 e. The number of benzene rings is 7. The Morgan fingerprint density at radius 2 is 0.816 bits per heavy atom. The van der Waals surface area contributed by atoms with Gasteiger partial charge in [-0.2, -0.15) is 0 Å². The van der Waals surface area contributed by atoms with Crippen molar-refractivity contribution in [3.05, 3.63) is 107 Å². The van der Waals surface area contributed by atoms with E-state index in [-0.39, 0.29) is 23.1 Å². The summed E-state index contributed by atoms with van der Waals surface area (Å²) in [4.78, 5) is 27.1. The highest BCUT2D eigenvalue weighted by molar-refractivity contribution is 6.43. The predicted octanol–water partition coefficient (Wildman–Crippen LogP) is 7.57. The zero-order valence-electron chi connectivity index (χ0n) is 19.8. The summed E-state index contributed by atoms with van der Waals surface area (Å²) in [5.41, 5.74) is 5.61. The molecule has 0 saturated carbocycles. The van der Waals surface area contributed by atoms with Crippen molar-refractivity contribution in [3.63, 3.8) is 0 Å². The van der Waals surface area contributed by atoms with Crippen LogP contribution in [0, 0.1) is 0 Å². The van der Waals surface area contributed by atoms with E-state index in [1.807, 2.05) is 72.8 Å². The molecule has 0 aromatic heterocycles. The second-order valence-electron chi connectivity index (χ2n) is 10.2. The van der Waals surface area contributed by atoms with E-state index in [9.17, 15) is 19.8 Å². The lowest BCUT2D eigenvalue weighted by Crippen LogP contribution is -2.11. The lowest BCUT2D eigenvalue weighted by atomic mass is 9.76. The molecule has 0 heterocycles. The Morgan fingerprint density at radius 3 is 1.42 bits per heavy atom. The summed E-state index contributed by atoms with van der Waals surface area (Å²) >= 11 is 0. The normalized spacial score (nSPS) is 13.6. The molecule has 0 radical (unpaired) electrons. The van der Waals surface area contributed by atoms with E-state index in [2.05, 4.69) is 0 Å². The minimum Gasteiger partial charge on any atom is -0.507 e. The summed E-state index contributed by atoms with van der Waals surface area (Å²) in [6.07, 6.45) is 0. The zero-order valence-corrected chi connectivity index (χ0v) is 19.8. The lowest BCUT2D eigenvalue weighted by Gasteiger charge is -2.26. The van der Waals surface area contributed by atoms with Gasteiger partial charge in [-0.1, -0.05) is 66.7 Å². The second-order valence-corrected chi connectivity index (χ2v) is 10.2. The third-order valence-electron chi connectivity index (χ3n) is 8.48. The first-order chi connectivity index (χ1) is 18.5. The van der Waals surface area contributed by atoms with Crippen LogP contribution in [0.2, 0.25) is 0 Å². The average molecular weight is 488 g/mol. The average Bonchev–Trinajstić information content (AvgIpc) is 2.95. The van der Waals surface area contributed by atoms with Gasteiger partial charge in [0.25, 0.3) is 0 Å². The molecule has 0 saturated heterocycles. The summed E-state index contributed by atoms with van der Waals surface area (Å²) in [6, 6.07) is 26.1. The number of ketones is 2. The van der Waals surface area contributed by atoms with Crippen molar-refractivity contribution < 1.29 is 19.8 Å². The molecule has 7 aromatic rings. The van der Waals surface area contributed by atoms with E-state index in [4.69, 9.17) is 0 Å². The Balaban J connectivity index is 1.58. The topological polar surface area (TPSA) is 74.6 Å². The van der Waals surface area contributed by atoms with Gasteiger partial charge in [0, 0.05) is 54.6 Å². The summed E-state index contributed by atoms with van der Waals surface area (Å²) < 4.78 is 0. The van der Waals surface area contributed by atoms with Crippen LogP contribution in [0.5, 0.6) is 11.5 Å². The number of phenols is 2. The molecule has 7 aromatic carbocycles. The molecular weight excluding hydrogens is 472 g/mol. The maximum Gasteiger partial charge on any atom is 0.194 e. The maximum absolute atomic E-state index is 13.6. The molecule has 176 valence electrons. The molecule has 0 fully saturated rings. The fraction of sp³-hybridized carbons (Fsp3) is 0. The summed E-state index contributed by atoms with van der Waals surface area (Å²) in [6.45, 7) is 0. The van der Waals surface area contributed by atoms with Gasteiger partial charge in [-0.05, 0) is 51.2 Å². The van der Waals surface area contributed by atoms with Crippen LogP contribution in [0.3, 0.4) is 0 Å². The van der Waals surface area contributed by atoms with E-state index in [1.54, 1.807) is 6.07 Å². The minimum atomic E-state index is -0.130. The van der Waals surface area contributed by atoms with Crippen LogP contribution in [0.1, 0.15) is 31.8 Å². The molecule has 2 aliphatic rings. The molecule has 9 rings (SSSR count). The molecule has 38 heavy (non-hydrogen) atoms. The van der Waals surface area contributed by atoms with Crippen LogP contribution in [0.15, 0.2) is 84.9 Å². The van der Waals surface area contributed by atoms with Crippen molar-refractivity contribution >= 4 is 54.7 Å². The van der Waals surface area contributed by atoms with Crippen molar-refractivity contribution in [1.82, 2.24) is 0 Å². The van der Waals surface area contributed by atoms with Crippen molar-refractivity contribution in [2.24, 2.45) is 0 Å². The Hall–Kier alpha value is -5.22. The van der Waals surface area contributed by atoms with Crippen LogP contribution >= 0.6 is 0 Å². The SMILES string of the molecule is O=C1c2ccccc2-c2ccc3c4ccc5c6c(cc(O)c(c7c(O)cc1c2c37)c64)-c1ccccc1C5=O. The first-order valence-corrected chi connectivity index (χ1v) is 12.5. The van der Waals surface area contributed by atoms with Gasteiger partial charge >= 0.3 is 0 Å². The number of fused-ring (bicyclic) bond motifs is 6. The molecule has 0 unspecified atom stereocenters. The van der Waals surface area contributed by atoms with E-state index < -0.39 is 0 Å². The predicted molar refractivity (Wildman–Crippen MR) is 149 cm³/mol. The van der Waals surface area contributed by atoms with Crippen LogP contribution in [-0.4, -0.2) is 21.8 Å². The first kappa shape index (κ1) is 19.9. The lowest BCUT2D eigenvalue weighted by molar-refractivity contribution is 0.103. The summed E-state index contributed by atoms with van der Waals surface area (Å²) in [5.74, 6) is -0.226. The fourth-order valence-electron chi connectivity index (χ4n) is 6.98. The van der Waals surface area contributed by atoms with Crippen molar-refractivity contribution in [1.29, 1.82) is 0 Å². The Bertz CT molecular complexity index is 2270. The third kappa shape index (κ3) is 2.07. The Morgan fingerprint density at radius 1 is 0.368 bits per heavy atom. The van der Waals surface area contributed by atoms with Crippen LogP contribution in [-0.2, 0) is 0 Å². The number of hydrogen-bond acceptors (Lipinski definition) is 4. The van der Waals surface area contributed by atoms with Gasteiger partial charge in [-0.15, -0.1) is 0 Å². The van der Waals surface area contributed by atoms with E-state index in [0.717, 1.165) is 54.6 Å². The van der Waals surface area contributed by atoms with Gasteiger partial charge in [0.05, 0.1) is 0 Å². The zero-order chi connectivity index (χ0) is 25.4. The van der Waals surface area contributed by atoms with E-state index in [1.165, 1.54) is 6.07 Å². The molecule has 2 N–H and O–H groups in total. The highest BCUT2D eigenvalue weighted by Crippen LogP contribution is 2.54. The van der Waals surface area contributed by atoms with E-state index >= 15 is 0 Å². The van der Waals surface area contributed by atoms with Gasteiger partial charge < -0.3 is 10.2 Å². The van der Waals surface area contributed by atoms with Crippen LogP contribution < -0.4 is 0 Å². The second kappa shape index (κ2) is 6.36. The Labute approximate surface area is 215 Å². The van der Waals surface area contributed by atoms with Crippen molar-refractivity contribution in [2.75, 3.05) is 0 Å². The molecule has 4 heteroatoms. The number of hydrogen-bond donors (Lipinski definition) is 2. The standard InChI is InChI=1S/C34H16O4/c35-25-13-23-16-6-2-4-8-21(16)33(37)22-12-11-19-18-10-9-17-15-5-1-3-7-20(15)34(38)24-14-26(36)32(29(18)27(17)24)31(25)30(19)28(22)23/h1-14,35-36H. The number of rotatable bonds is 0. The molecule has 4 nitrogen and oxygen atoms in total. The van der Waals surface area contributed by atoms with Gasteiger partial charge in [-0.25, -0.2) is 0 Å². The van der Waals surface area contributed by atoms with E-state index in [0.29, 0.717) is 33.0 Å².